The van der Waals surface area contributed by atoms with Gasteiger partial charge in [0, 0.05) is 11.9 Å². The van der Waals surface area contributed by atoms with E-state index in [0.29, 0.717) is 12.5 Å². The molecular weight excluding hydrogens is 184 g/mol. The third-order valence-corrected chi connectivity index (χ3v) is 2.42. The summed E-state index contributed by atoms with van der Waals surface area (Å²) in [7, 11) is 0. The van der Waals surface area contributed by atoms with E-state index in [1.54, 1.807) is 6.08 Å². The lowest BCUT2D eigenvalue weighted by atomic mass is 10.0. The van der Waals surface area contributed by atoms with Gasteiger partial charge in [-0.3, -0.25) is 4.98 Å². The van der Waals surface area contributed by atoms with Crippen LogP contribution in [0.15, 0.2) is 25.4 Å². The van der Waals surface area contributed by atoms with Gasteiger partial charge in [-0.25, -0.2) is 0 Å². The van der Waals surface area contributed by atoms with Crippen molar-refractivity contribution in [1.82, 2.24) is 4.98 Å². The molecule has 0 fully saturated rings. The summed E-state index contributed by atoms with van der Waals surface area (Å²) in [6.07, 6.45) is 6.37. The van der Waals surface area contributed by atoms with E-state index in [9.17, 15) is 0 Å². The summed E-state index contributed by atoms with van der Waals surface area (Å²) in [5, 5.41) is 0. The van der Waals surface area contributed by atoms with Crippen LogP contribution in [0.1, 0.15) is 23.7 Å². The zero-order valence-corrected chi connectivity index (χ0v) is 9.24. The lowest BCUT2D eigenvalue weighted by molar-refractivity contribution is 0.584. The normalized spacial score (nSPS) is 12.1. The zero-order chi connectivity index (χ0) is 11.3. The van der Waals surface area contributed by atoms with Crippen LogP contribution in [0.2, 0.25) is 0 Å². The van der Waals surface area contributed by atoms with Crippen molar-refractivity contribution < 1.29 is 0 Å². The Kier molecular flexibility index (Phi) is 4.25. The first-order chi connectivity index (χ1) is 7.21. The van der Waals surface area contributed by atoms with Gasteiger partial charge in [0.25, 0.3) is 0 Å². The van der Waals surface area contributed by atoms with Crippen LogP contribution in [-0.2, 0) is 6.42 Å². The Labute approximate surface area is 91.5 Å². The molecule has 0 spiro atoms. The van der Waals surface area contributed by atoms with Crippen molar-refractivity contribution in [1.29, 1.82) is 0 Å². The minimum atomic E-state index is 0.463. The maximum atomic E-state index is 5.58. The fourth-order valence-corrected chi connectivity index (χ4v) is 1.43. The molecule has 0 radical (unpaired) electrons. The van der Waals surface area contributed by atoms with Crippen LogP contribution in [0.3, 0.4) is 0 Å². The van der Waals surface area contributed by atoms with Gasteiger partial charge in [-0.1, -0.05) is 32.2 Å². The van der Waals surface area contributed by atoms with Gasteiger partial charge in [0.1, 0.15) is 0 Å². The van der Waals surface area contributed by atoms with Crippen LogP contribution in [0.4, 0.5) is 0 Å². The van der Waals surface area contributed by atoms with Gasteiger partial charge in [-0.05, 0) is 36.1 Å². The standard InChI is InChI=1S/C13H18N2/c1-4-11-7-13(6-10(3)8-14)15-9-12(11)5-2/h4-5,7,9-10H,1-2,6,8,14H2,3H3. The van der Waals surface area contributed by atoms with E-state index in [-0.39, 0.29) is 0 Å². The van der Waals surface area contributed by atoms with E-state index >= 15 is 0 Å². The number of nitrogens with two attached hydrogens (primary N) is 1. The van der Waals surface area contributed by atoms with Gasteiger partial charge in [-0.15, -0.1) is 0 Å². The summed E-state index contributed by atoms with van der Waals surface area (Å²) in [6, 6.07) is 2.05. The molecule has 1 unspecified atom stereocenters. The van der Waals surface area contributed by atoms with E-state index in [0.717, 1.165) is 23.2 Å². The first-order valence-corrected chi connectivity index (χ1v) is 5.15. The highest BCUT2D eigenvalue weighted by Crippen LogP contribution is 2.14. The molecule has 0 amide bonds. The third kappa shape index (κ3) is 3.03. The molecule has 2 N–H and O–H groups in total. The van der Waals surface area contributed by atoms with Crippen molar-refractivity contribution in [3.8, 4) is 0 Å². The Morgan fingerprint density at radius 1 is 1.40 bits per heavy atom. The quantitative estimate of drug-likeness (QED) is 0.796. The number of aromatic nitrogens is 1. The predicted molar refractivity (Wildman–Crippen MR) is 66.3 cm³/mol. The van der Waals surface area contributed by atoms with E-state index in [2.05, 4.69) is 31.1 Å². The molecule has 1 heterocycles. The fourth-order valence-electron chi connectivity index (χ4n) is 1.43. The van der Waals surface area contributed by atoms with Gasteiger partial charge >= 0.3 is 0 Å². The van der Waals surface area contributed by atoms with Gasteiger partial charge in [0.15, 0.2) is 0 Å². The van der Waals surface area contributed by atoms with E-state index in [1.807, 2.05) is 12.3 Å². The monoisotopic (exact) mass is 202 g/mol. The summed E-state index contributed by atoms with van der Waals surface area (Å²) in [4.78, 5) is 4.37. The van der Waals surface area contributed by atoms with E-state index in [4.69, 9.17) is 5.73 Å². The highest BCUT2D eigenvalue weighted by atomic mass is 14.7. The number of nitrogens with zero attached hydrogens (tertiary/aromatic N) is 1. The molecule has 1 aromatic heterocycles. The molecule has 0 aliphatic rings. The van der Waals surface area contributed by atoms with Crippen LogP contribution in [0, 0.1) is 5.92 Å². The van der Waals surface area contributed by atoms with Gasteiger partial charge in [-0.2, -0.15) is 0 Å². The van der Waals surface area contributed by atoms with Crippen molar-refractivity contribution in [2.24, 2.45) is 11.7 Å². The molecule has 2 nitrogen and oxygen atoms in total. The van der Waals surface area contributed by atoms with Crippen LogP contribution in [0.25, 0.3) is 12.2 Å². The maximum absolute atomic E-state index is 5.58. The molecule has 0 aromatic carbocycles. The van der Waals surface area contributed by atoms with Gasteiger partial charge in [0.2, 0.25) is 0 Å². The SMILES string of the molecule is C=Cc1cnc(CC(C)CN)cc1C=C. The average Bonchev–Trinajstić information content (AvgIpc) is 2.28. The minimum absolute atomic E-state index is 0.463. The Bertz CT molecular complexity index is 356. The second-order valence-electron chi connectivity index (χ2n) is 3.76. The summed E-state index contributed by atoms with van der Waals surface area (Å²) in [5.74, 6) is 0.463. The van der Waals surface area contributed by atoms with E-state index < -0.39 is 0 Å². The van der Waals surface area contributed by atoms with Crippen LogP contribution >= 0.6 is 0 Å². The third-order valence-electron chi connectivity index (χ3n) is 2.42. The molecule has 2 heteroatoms. The van der Waals surface area contributed by atoms with Gasteiger partial charge in [0.05, 0.1) is 0 Å². The molecule has 0 saturated carbocycles. The largest absolute Gasteiger partial charge is 0.330 e. The smallest absolute Gasteiger partial charge is 0.0413 e. The summed E-state index contributed by atoms with van der Waals surface area (Å²) >= 11 is 0. The van der Waals surface area contributed by atoms with Crippen molar-refractivity contribution in [2.75, 3.05) is 6.54 Å². The second-order valence-corrected chi connectivity index (χ2v) is 3.76. The number of hydrogen-bond donors (Lipinski definition) is 1. The molecule has 15 heavy (non-hydrogen) atoms. The highest BCUT2D eigenvalue weighted by Gasteiger charge is 2.04. The Morgan fingerprint density at radius 3 is 2.60 bits per heavy atom. The first-order valence-electron chi connectivity index (χ1n) is 5.15. The second kappa shape index (κ2) is 5.47. The van der Waals surface area contributed by atoms with Crippen molar-refractivity contribution in [3.05, 3.63) is 42.2 Å². The predicted octanol–water partition coefficient (Wildman–Crippen LogP) is 2.50. The molecule has 0 bridgehead atoms. The molecule has 1 aromatic rings. The number of rotatable bonds is 5. The van der Waals surface area contributed by atoms with Crippen molar-refractivity contribution in [3.63, 3.8) is 0 Å². The highest BCUT2D eigenvalue weighted by molar-refractivity contribution is 5.62. The zero-order valence-electron chi connectivity index (χ0n) is 9.24. The molecule has 1 rings (SSSR count). The first kappa shape index (κ1) is 11.7. The summed E-state index contributed by atoms with van der Waals surface area (Å²) in [5.41, 5.74) is 8.75. The summed E-state index contributed by atoms with van der Waals surface area (Å²) in [6.45, 7) is 10.3. The molecule has 80 valence electrons. The lowest BCUT2D eigenvalue weighted by Crippen LogP contribution is -2.13. The lowest BCUT2D eigenvalue weighted by Gasteiger charge is -2.09. The molecule has 1 atom stereocenters. The number of pyridine rings is 1. The average molecular weight is 202 g/mol. The van der Waals surface area contributed by atoms with Crippen molar-refractivity contribution >= 4 is 12.2 Å². The van der Waals surface area contributed by atoms with E-state index in [1.165, 1.54) is 0 Å². The molecule has 0 saturated heterocycles. The van der Waals surface area contributed by atoms with Crippen LogP contribution in [-0.4, -0.2) is 11.5 Å². The molecule has 0 aliphatic carbocycles. The molecular formula is C13H18N2. The molecule has 0 aliphatic heterocycles. The Morgan fingerprint density at radius 2 is 2.07 bits per heavy atom. The fraction of sp³-hybridized carbons (Fsp3) is 0.308. The Balaban J connectivity index is 2.92. The maximum Gasteiger partial charge on any atom is 0.0413 e. The van der Waals surface area contributed by atoms with Crippen LogP contribution in [0.5, 0.6) is 0 Å². The van der Waals surface area contributed by atoms with Gasteiger partial charge < -0.3 is 5.73 Å². The van der Waals surface area contributed by atoms with Crippen LogP contribution < -0.4 is 5.73 Å². The number of hydrogen-bond acceptors (Lipinski definition) is 2. The van der Waals surface area contributed by atoms with Crippen molar-refractivity contribution in [2.45, 2.75) is 13.3 Å². The topological polar surface area (TPSA) is 38.9 Å². The minimum Gasteiger partial charge on any atom is -0.330 e. The summed E-state index contributed by atoms with van der Waals surface area (Å²) < 4.78 is 0. The Hall–Kier alpha value is -1.41.